The van der Waals surface area contributed by atoms with Crippen molar-refractivity contribution in [2.24, 2.45) is 4.99 Å². The topological polar surface area (TPSA) is 86.7 Å². The number of benzene rings is 1. The third-order valence-electron chi connectivity index (χ3n) is 3.34. The molecule has 0 saturated carbocycles. The summed E-state index contributed by atoms with van der Waals surface area (Å²) in [5.74, 6) is -0.491. The number of hydrogen-bond acceptors (Lipinski definition) is 6. The monoisotopic (exact) mass is 441 g/mol. The molecule has 1 aromatic carbocycles. The first-order chi connectivity index (χ1) is 12.0. The van der Waals surface area contributed by atoms with Gasteiger partial charge in [0.25, 0.3) is 5.91 Å². The molecular formula is C15H12BrN3O4S2. The fourth-order valence-corrected chi connectivity index (χ4v) is 4.53. The highest BCUT2D eigenvalue weighted by atomic mass is 79.9. The molecule has 7 nitrogen and oxygen atoms in total. The number of halogens is 1. The molecule has 3 rings (SSSR count). The molecule has 10 heteroatoms. The fourth-order valence-electron chi connectivity index (χ4n) is 2.21. The van der Waals surface area contributed by atoms with Gasteiger partial charge in [-0.15, -0.1) is 0 Å². The molecule has 2 aromatic heterocycles. The highest BCUT2D eigenvalue weighted by Gasteiger charge is 2.15. The van der Waals surface area contributed by atoms with Crippen molar-refractivity contribution in [3.63, 3.8) is 0 Å². The lowest BCUT2D eigenvalue weighted by Crippen LogP contribution is -2.19. The zero-order valence-electron chi connectivity index (χ0n) is 13.0. The van der Waals surface area contributed by atoms with Crippen LogP contribution >= 0.6 is 38.6 Å². The van der Waals surface area contributed by atoms with Gasteiger partial charge in [0.05, 0.1) is 21.7 Å². The van der Waals surface area contributed by atoms with E-state index in [1.807, 2.05) is 22.8 Å². The van der Waals surface area contributed by atoms with Crippen LogP contribution in [0.25, 0.3) is 10.2 Å². The zero-order valence-corrected chi connectivity index (χ0v) is 16.2. The number of thiophene rings is 1. The molecule has 2 heterocycles. The SMILES string of the molecule is COCCn1c(=NC(=O)c2ccc([N+](=O)[O-])s2)sc2cc(Br)ccc21. The Kier molecular flexibility index (Phi) is 5.42. The predicted molar refractivity (Wildman–Crippen MR) is 100 cm³/mol. The second kappa shape index (κ2) is 7.56. The van der Waals surface area contributed by atoms with E-state index in [0.717, 1.165) is 26.0 Å². The van der Waals surface area contributed by atoms with Crippen LogP contribution in [0.5, 0.6) is 0 Å². The Labute approximate surface area is 158 Å². The minimum atomic E-state index is -0.517. The van der Waals surface area contributed by atoms with Gasteiger partial charge in [0.15, 0.2) is 4.80 Å². The van der Waals surface area contributed by atoms with E-state index >= 15 is 0 Å². The van der Waals surface area contributed by atoms with Gasteiger partial charge >= 0.3 is 5.00 Å². The van der Waals surface area contributed by atoms with Crippen molar-refractivity contribution < 1.29 is 14.5 Å². The Hall–Kier alpha value is -1.88. The number of rotatable bonds is 5. The Balaban J connectivity index is 2.07. The van der Waals surface area contributed by atoms with Crippen molar-refractivity contribution in [2.75, 3.05) is 13.7 Å². The van der Waals surface area contributed by atoms with Crippen LogP contribution in [0.15, 0.2) is 39.8 Å². The molecule has 0 aliphatic carbocycles. The van der Waals surface area contributed by atoms with Gasteiger partial charge < -0.3 is 9.30 Å². The molecule has 0 fully saturated rings. The maximum Gasteiger partial charge on any atom is 0.324 e. The standard InChI is InChI=1S/C15H12BrN3O4S2/c1-23-7-6-18-10-3-2-9(16)8-12(10)25-15(18)17-14(20)11-4-5-13(24-11)19(21)22/h2-5,8H,6-7H2,1H3. The van der Waals surface area contributed by atoms with E-state index in [-0.39, 0.29) is 9.88 Å². The zero-order chi connectivity index (χ0) is 18.0. The quantitative estimate of drug-likeness (QED) is 0.444. The van der Waals surface area contributed by atoms with Crippen LogP contribution < -0.4 is 4.80 Å². The first-order valence-corrected chi connectivity index (χ1v) is 9.53. The summed E-state index contributed by atoms with van der Waals surface area (Å²) < 4.78 is 8.97. The minimum absolute atomic E-state index is 0.0777. The van der Waals surface area contributed by atoms with Gasteiger partial charge in [-0.3, -0.25) is 14.9 Å². The number of thiazole rings is 1. The second-order valence-electron chi connectivity index (χ2n) is 4.95. The molecule has 0 aliphatic heterocycles. The molecule has 0 unspecified atom stereocenters. The lowest BCUT2D eigenvalue weighted by molar-refractivity contribution is -0.380. The van der Waals surface area contributed by atoms with Crippen molar-refractivity contribution in [1.29, 1.82) is 0 Å². The molecule has 0 saturated heterocycles. The van der Waals surface area contributed by atoms with Gasteiger partial charge in [-0.25, -0.2) is 0 Å². The first kappa shape index (κ1) is 17.9. The van der Waals surface area contributed by atoms with Gasteiger partial charge in [-0.05, 0) is 24.3 Å². The van der Waals surface area contributed by atoms with Crippen molar-refractivity contribution in [2.45, 2.75) is 6.54 Å². The van der Waals surface area contributed by atoms with E-state index in [1.165, 1.54) is 23.5 Å². The molecule has 0 bridgehead atoms. The number of fused-ring (bicyclic) bond motifs is 1. The van der Waals surface area contributed by atoms with Crippen molar-refractivity contribution in [1.82, 2.24) is 4.57 Å². The van der Waals surface area contributed by atoms with E-state index in [4.69, 9.17) is 4.74 Å². The van der Waals surface area contributed by atoms with E-state index in [2.05, 4.69) is 20.9 Å². The lowest BCUT2D eigenvalue weighted by atomic mass is 10.3. The molecule has 25 heavy (non-hydrogen) atoms. The number of carbonyl (C=O) groups is 1. The van der Waals surface area contributed by atoms with Gasteiger partial charge in [0.2, 0.25) is 0 Å². The molecule has 1 amide bonds. The van der Waals surface area contributed by atoms with Gasteiger partial charge in [-0.2, -0.15) is 4.99 Å². The Morgan fingerprint density at radius 2 is 2.16 bits per heavy atom. The van der Waals surface area contributed by atoms with Crippen molar-refractivity contribution in [3.05, 3.63) is 54.6 Å². The number of methoxy groups -OCH3 is 1. The summed E-state index contributed by atoms with van der Waals surface area (Å²) in [7, 11) is 1.61. The first-order valence-electron chi connectivity index (χ1n) is 7.10. The van der Waals surface area contributed by atoms with E-state index in [1.54, 1.807) is 7.11 Å². The third-order valence-corrected chi connectivity index (χ3v) is 5.90. The fraction of sp³-hybridized carbons (Fsp3) is 0.200. The van der Waals surface area contributed by atoms with Crippen molar-refractivity contribution >= 4 is 59.7 Å². The molecule has 0 spiro atoms. The molecule has 0 radical (unpaired) electrons. The normalized spacial score (nSPS) is 12.0. The molecule has 3 aromatic rings. The number of nitrogens with zero attached hydrogens (tertiary/aromatic N) is 3. The van der Waals surface area contributed by atoms with Crippen LogP contribution in [-0.4, -0.2) is 29.1 Å². The van der Waals surface area contributed by atoms with Crippen LogP contribution in [0.1, 0.15) is 9.67 Å². The molecular weight excluding hydrogens is 430 g/mol. The number of carbonyl (C=O) groups excluding carboxylic acids is 1. The number of hydrogen-bond donors (Lipinski definition) is 0. The van der Waals surface area contributed by atoms with Gasteiger partial charge in [0.1, 0.15) is 4.88 Å². The van der Waals surface area contributed by atoms with Crippen LogP contribution in [0, 0.1) is 10.1 Å². The molecule has 0 atom stereocenters. The maximum atomic E-state index is 12.4. The highest BCUT2D eigenvalue weighted by Crippen LogP contribution is 2.25. The largest absolute Gasteiger partial charge is 0.383 e. The number of ether oxygens (including phenoxy) is 1. The van der Waals surface area contributed by atoms with Gasteiger partial charge in [0, 0.05) is 24.2 Å². The van der Waals surface area contributed by atoms with Crippen LogP contribution in [-0.2, 0) is 11.3 Å². The summed E-state index contributed by atoms with van der Waals surface area (Å²) in [6, 6.07) is 8.58. The number of aromatic nitrogens is 1. The number of amides is 1. The summed E-state index contributed by atoms with van der Waals surface area (Å²) in [4.78, 5) is 27.6. The summed E-state index contributed by atoms with van der Waals surface area (Å²) in [5, 5.41) is 10.7. The highest BCUT2D eigenvalue weighted by molar-refractivity contribution is 9.10. The average Bonchev–Trinajstić information content (AvgIpc) is 3.17. The lowest BCUT2D eigenvalue weighted by Gasteiger charge is -2.04. The Morgan fingerprint density at radius 1 is 1.36 bits per heavy atom. The molecule has 130 valence electrons. The van der Waals surface area contributed by atoms with Crippen LogP contribution in [0.2, 0.25) is 0 Å². The third kappa shape index (κ3) is 3.87. The summed E-state index contributed by atoms with van der Waals surface area (Å²) in [6.07, 6.45) is 0. The van der Waals surface area contributed by atoms with E-state index in [9.17, 15) is 14.9 Å². The summed E-state index contributed by atoms with van der Waals surface area (Å²) in [5.41, 5.74) is 0.953. The van der Waals surface area contributed by atoms with E-state index in [0.29, 0.717) is 18.0 Å². The predicted octanol–water partition coefficient (Wildman–Crippen LogP) is 3.82. The summed E-state index contributed by atoms with van der Waals surface area (Å²) >= 11 is 5.64. The van der Waals surface area contributed by atoms with Gasteiger partial charge in [-0.1, -0.05) is 38.6 Å². The molecule has 0 aliphatic rings. The number of nitro groups is 1. The minimum Gasteiger partial charge on any atom is -0.383 e. The van der Waals surface area contributed by atoms with Crippen LogP contribution in [0.3, 0.4) is 0 Å². The van der Waals surface area contributed by atoms with Crippen LogP contribution in [0.4, 0.5) is 5.00 Å². The molecule has 0 N–H and O–H groups in total. The summed E-state index contributed by atoms with van der Waals surface area (Å²) in [6.45, 7) is 1.03. The smallest absolute Gasteiger partial charge is 0.324 e. The Morgan fingerprint density at radius 3 is 2.84 bits per heavy atom. The maximum absolute atomic E-state index is 12.4. The van der Waals surface area contributed by atoms with Crippen molar-refractivity contribution in [3.8, 4) is 0 Å². The van der Waals surface area contributed by atoms with E-state index < -0.39 is 10.8 Å². The second-order valence-corrected chi connectivity index (χ2v) is 7.94. The average molecular weight is 442 g/mol. The Bertz CT molecular complexity index is 1020.